The number of carbonyl (C=O) groups excluding carboxylic acids is 1. The molecule has 1 fully saturated rings. The van der Waals surface area contributed by atoms with Crippen molar-refractivity contribution >= 4 is 17.6 Å². The monoisotopic (exact) mass is 199 g/mol. The number of halogens is 1. The van der Waals surface area contributed by atoms with Gasteiger partial charge in [0, 0.05) is 6.42 Å². The van der Waals surface area contributed by atoms with Crippen molar-refractivity contribution in [3.63, 3.8) is 0 Å². The molecule has 2 aliphatic heterocycles. The zero-order chi connectivity index (χ0) is 9.69. The molecule has 2 heterocycles. The van der Waals surface area contributed by atoms with Gasteiger partial charge in [-0.25, -0.2) is 4.79 Å². The molecular formula is C8H6ClNO3. The smallest absolute Gasteiger partial charge is 0.345 e. The maximum atomic E-state index is 11.2. The van der Waals surface area contributed by atoms with Crippen LogP contribution in [0.5, 0.6) is 0 Å². The van der Waals surface area contributed by atoms with Crippen LogP contribution in [-0.2, 0) is 9.53 Å². The number of hydrogen-bond donors (Lipinski definition) is 1. The van der Waals surface area contributed by atoms with Crippen LogP contribution >= 0.6 is 11.6 Å². The van der Waals surface area contributed by atoms with E-state index >= 15 is 0 Å². The molecule has 3 aliphatic rings. The Kier molecular flexibility index (Phi) is 1.48. The van der Waals surface area contributed by atoms with E-state index in [1.807, 2.05) is 0 Å². The molecule has 2 bridgehead atoms. The summed E-state index contributed by atoms with van der Waals surface area (Å²) in [5.74, 6) is -0.845. The summed E-state index contributed by atoms with van der Waals surface area (Å²) >= 11 is 5.83. The molecular weight excluding hydrogens is 194 g/mol. The van der Waals surface area contributed by atoms with Crippen molar-refractivity contribution < 1.29 is 14.6 Å². The molecule has 1 saturated heterocycles. The number of carbonyl (C=O) groups is 1. The van der Waals surface area contributed by atoms with Crippen LogP contribution in [0.1, 0.15) is 6.42 Å². The zero-order valence-corrected chi connectivity index (χ0v) is 7.28. The maximum Gasteiger partial charge on any atom is 0.345 e. The number of fused-ring (bicyclic) bond motifs is 2. The molecule has 0 unspecified atom stereocenters. The second-order valence-corrected chi connectivity index (χ2v) is 3.83. The van der Waals surface area contributed by atoms with Gasteiger partial charge in [0.05, 0.1) is 6.07 Å². The third-order valence-corrected chi connectivity index (χ3v) is 2.91. The minimum Gasteiger partial charge on any atom is -0.456 e. The molecule has 0 spiro atoms. The molecule has 0 aromatic carbocycles. The first-order valence-electron chi connectivity index (χ1n) is 3.75. The SMILES string of the molecule is N#C[C@]1(Cl)C[C@H]2C=C[C@]1(O)C(=O)O2. The molecule has 1 aliphatic carbocycles. The summed E-state index contributed by atoms with van der Waals surface area (Å²) in [6, 6.07) is 1.75. The van der Waals surface area contributed by atoms with Gasteiger partial charge in [-0.1, -0.05) is 11.6 Å². The summed E-state index contributed by atoms with van der Waals surface area (Å²) < 4.78 is 4.77. The lowest BCUT2D eigenvalue weighted by molar-refractivity contribution is -0.178. The summed E-state index contributed by atoms with van der Waals surface area (Å²) in [7, 11) is 0. The number of rotatable bonds is 0. The number of aliphatic hydroxyl groups is 1. The fourth-order valence-corrected chi connectivity index (χ4v) is 1.84. The van der Waals surface area contributed by atoms with Crippen LogP contribution < -0.4 is 0 Å². The van der Waals surface area contributed by atoms with E-state index in [0.29, 0.717) is 0 Å². The molecule has 5 heteroatoms. The summed E-state index contributed by atoms with van der Waals surface area (Å²) in [6.45, 7) is 0. The number of esters is 1. The molecule has 4 nitrogen and oxygen atoms in total. The average Bonchev–Trinajstić information content (AvgIpc) is 2.09. The van der Waals surface area contributed by atoms with Crippen LogP contribution in [0.25, 0.3) is 0 Å². The van der Waals surface area contributed by atoms with Crippen molar-refractivity contribution in [2.45, 2.75) is 23.0 Å². The molecule has 0 aromatic rings. The normalized spacial score (nSPS) is 47.2. The molecule has 0 amide bonds. The Hall–Kier alpha value is -1.05. The van der Waals surface area contributed by atoms with E-state index in [-0.39, 0.29) is 6.42 Å². The lowest BCUT2D eigenvalue weighted by Crippen LogP contribution is -2.63. The number of hydrogen-bond acceptors (Lipinski definition) is 4. The van der Waals surface area contributed by atoms with Gasteiger partial charge in [-0.2, -0.15) is 5.26 Å². The van der Waals surface area contributed by atoms with Crippen LogP contribution in [0.15, 0.2) is 12.2 Å². The summed E-state index contributed by atoms with van der Waals surface area (Å²) in [6.07, 6.45) is 2.42. The number of ether oxygens (including phenoxy) is 1. The van der Waals surface area contributed by atoms with Gasteiger partial charge < -0.3 is 9.84 Å². The van der Waals surface area contributed by atoms with E-state index in [1.54, 1.807) is 12.1 Å². The van der Waals surface area contributed by atoms with Crippen molar-refractivity contribution in [2.24, 2.45) is 0 Å². The Labute approximate surface area is 79.4 Å². The van der Waals surface area contributed by atoms with Gasteiger partial charge in [0.25, 0.3) is 0 Å². The molecule has 13 heavy (non-hydrogen) atoms. The van der Waals surface area contributed by atoms with Crippen molar-refractivity contribution in [3.8, 4) is 6.07 Å². The first-order chi connectivity index (χ1) is 6.02. The van der Waals surface area contributed by atoms with Gasteiger partial charge in [0.1, 0.15) is 6.10 Å². The second kappa shape index (κ2) is 2.25. The minimum absolute atomic E-state index is 0.129. The fraction of sp³-hybridized carbons (Fsp3) is 0.500. The van der Waals surface area contributed by atoms with Crippen LogP contribution in [0.4, 0.5) is 0 Å². The van der Waals surface area contributed by atoms with Crippen LogP contribution in [-0.4, -0.2) is 27.7 Å². The lowest BCUT2D eigenvalue weighted by Gasteiger charge is -2.44. The highest BCUT2D eigenvalue weighted by molar-refractivity contribution is 6.29. The average molecular weight is 200 g/mol. The van der Waals surface area contributed by atoms with Gasteiger partial charge in [-0.15, -0.1) is 0 Å². The summed E-state index contributed by atoms with van der Waals surface area (Å²) in [4.78, 5) is 9.61. The van der Waals surface area contributed by atoms with E-state index in [4.69, 9.17) is 21.6 Å². The van der Waals surface area contributed by atoms with E-state index < -0.39 is 22.5 Å². The van der Waals surface area contributed by atoms with Gasteiger partial charge in [0.15, 0.2) is 4.87 Å². The maximum absolute atomic E-state index is 11.2. The Balaban J connectivity index is 2.55. The van der Waals surface area contributed by atoms with Crippen molar-refractivity contribution in [1.29, 1.82) is 5.26 Å². The molecule has 0 saturated carbocycles. The number of nitriles is 1. The molecule has 68 valence electrons. The highest BCUT2D eigenvalue weighted by Crippen LogP contribution is 2.44. The summed E-state index contributed by atoms with van der Waals surface area (Å²) in [5.41, 5.74) is -1.99. The first kappa shape index (κ1) is 8.54. The minimum atomic E-state index is -1.99. The van der Waals surface area contributed by atoms with E-state index in [1.165, 1.54) is 6.08 Å². The Bertz CT molecular complexity index is 348. The highest BCUT2D eigenvalue weighted by atomic mass is 35.5. The Morgan fingerprint density at radius 2 is 2.54 bits per heavy atom. The number of nitrogens with zero attached hydrogens (tertiary/aromatic N) is 1. The van der Waals surface area contributed by atoms with Crippen molar-refractivity contribution in [3.05, 3.63) is 12.2 Å². The molecule has 3 rings (SSSR count). The van der Waals surface area contributed by atoms with E-state index in [0.717, 1.165) is 0 Å². The molecule has 0 aromatic heterocycles. The predicted molar refractivity (Wildman–Crippen MR) is 42.8 cm³/mol. The van der Waals surface area contributed by atoms with Crippen molar-refractivity contribution in [2.75, 3.05) is 0 Å². The quantitative estimate of drug-likeness (QED) is 0.341. The fourth-order valence-electron chi connectivity index (χ4n) is 1.55. The van der Waals surface area contributed by atoms with Gasteiger partial charge in [-0.05, 0) is 12.2 Å². The predicted octanol–water partition coefficient (Wildman–Crippen LogP) is 0.104. The van der Waals surface area contributed by atoms with Crippen LogP contribution in [0.3, 0.4) is 0 Å². The molecule has 1 N–H and O–H groups in total. The van der Waals surface area contributed by atoms with E-state index in [2.05, 4.69) is 0 Å². The Morgan fingerprint density at radius 1 is 1.85 bits per heavy atom. The topological polar surface area (TPSA) is 70.3 Å². The van der Waals surface area contributed by atoms with Gasteiger partial charge >= 0.3 is 5.97 Å². The number of alkyl halides is 1. The third-order valence-electron chi connectivity index (χ3n) is 2.39. The Morgan fingerprint density at radius 3 is 3.00 bits per heavy atom. The first-order valence-corrected chi connectivity index (χ1v) is 4.13. The largest absolute Gasteiger partial charge is 0.456 e. The second-order valence-electron chi connectivity index (χ2n) is 3.19. The lowest BCUT2D eigenvalue weighted by atomic mass is 9.76. The van der Waals surface area contributed by atoms with Crippen LogP contribution in [0, 0.1) is 11.3 Å². The molecule has 3 atom stereocenters. The van der Waals surface area contributed by atoms with Gasteiger partial charge in [0.2, 0.25) is 5.60 Å². The molecule has 0 radical (unpaired) electrons. The highest BCUT2D eigenvalue weighted by Gasteiger charge is 2.62. The van der Waals surface area contributed by atoms with E-state index in [9.17, 15) is 9.90 Å². The standard InChI is InChI=1S/C8H6ClNO3/c9-7(4-10)3-5-1-2-8(7,12)6(11)13-5/h1-2,5,12H,3H2/t5-,7-,8+/m1/s1. The van der Waals surface area contributed by atoms with Gasteiger partial charge in [-0.3, -0.25) is 0 Å². The third kappa shape index (κ3) is 0.859. The summed E-state index contributed by atoms with van der Waals surface area (Å²) in [5, 5.41) is 18.6. The van der Waals surface area contributed by atoms with Crippen molar-refractivity contribution in [1.82, 2.24) is 0 Å². The van der Waals surface area contributed by atoms with Crippen LogP contribution in [0.2, 0.25) is 0 Å². The zero-order valence-electron chi connectivity index (χ0n) is 6.53.